The van der Waals surface area contributed by atoms with Gasteiger partial charge in [-0.2, -0.15) is 0 Å². The summed E-state index contributed by atoms with van der Waals surface area (Å²) in [6.07, 6.45) is 4.30. The molecule has 0 spiro atoms. The van der Waals surface area contributed by atoms with Crippen molar-refractivity contribution >= 4 is 22.5 Å². The van der Waals surface area contributed by atoms with Crippen LogP contribution >= 0.6 is 11.6 Å². The summed E-state index contributed by atoms with van der Waals surface area (Å²) in [6.45, 7) is 4.87. The minimum absolute atomic E-state index is 0.395. The zero-order chi connectivity index (χ0) is 18.8. The molecular formula is C23H27ClN2O. The highest BCUT2D eigenvalue weighted by atomic mass is 35.5. The van der Waals surface area contributed by atoms with Gasteiger partial charge < -0.3 is 9.72 Å². The summed E-state index contributed by atoms with van der Waals surface area (Å²) < 4.78 is 5.45. The van der Waals surface area contributed by atoms with E-state index in [1.807, 2.05) is 6.20 Å². The van der Waals surface area contributed by atoms with Gasteiger partial charge >= 0.3 is 0 Å². The largest absolute Gasteiger partial charge is 0.384 e. The predicted molar refractivity (Wildman–Crippen MR) is 112 cm³/mol. The molecule has 0 aliphatic carbocycles. The number of methoxy groups -OCH3 is 1. The van der Waals surface area contributed by atoms with Crippen LogP contribution < -0.4 is 0 Å². The van der Waals surface area contributed by atoms with Crippen molar-refractivity contribution in [1.82, 2.24) is 9.88 Å². The van der Waals surface area contributed by atoms with Crippen LogP contribution in [0, 0.1) is 12.8 Å². The highest BCUT2D eigenvalue weighted by Crippen LogP contribution is 2.38. The van der Waals surface area contributed by atoms with Crippen molar-refractivity contribution in [3.63, 3.8) is 0 Å². The molecule has 3 nitrogen and oxygen atoms in total. The normalized spacial score (nSPS) is 21.0. The molecule has 2 atom stereocenters. The van der Waals surface area contributed by atoms with E-state index in [9.17, 15) is 0 Å². The first-order chi connectivity index (χ1) is 13.2. The number of aromatic nitrogens is 1. The van der Waals surface area contributed by atoms with Gasteiger partial charge in [0, 0.05) is 48.4 Å². The lowest BCUT2D eigenvalue weighted by atomic mass is 9.87. The molecule has 1 saturated heterocycles. The minimum Gasteiger partial charge on any atom is -0.384 e. The van der Waals surface area contributed by atoms with E-state index in [-0.39, 0.29) is 0 Å². The number of nitrogens with zero attached hydrogens (tertiary/aromatic N) is 1. The van der Waals surface area contributed by atoms with Crippen LogP contribution in [0.15, 0.2) is 48.7 Å². The number of aryl methyl sites for hydroxylation is 1. The molecule has 3 aromatic rings. The SMILES string of the molecule is COCC1CCN(Cc2c(Cl)cc(C)c3[nH]ccc23)[C@H](c2ccccc2)C1. The molecule has 0 radical (unpaired) electrons. The Morgan fingerprint density at radius 1 is 1.22 bits per heavy atom. The number of fused-ring (bicyclic) bond motifs is 1. The van der Waals surface area contributed by atoms with Gasteiger partial charge in [-0.3, -0.25) is 4.90 Å². The zero-order valence-electron chi connectivity index (χ0n) is 16.0. The van der Waals surface area contributed by atoms with Gasteiger partial charge in [0.2, 0.25) is 0 Å². The number of ether oxygens (including phenoxy) is 1. The standard InChI is InChI=1S/C23H27ClN2O/c1-16-12-21(24)20(19-8-10-25-23(16)19)14-26-11-9-17(15-27-2)13-22(26)18-6-4-3-5-7-18/h3-8,10,12,17,22,25H,9,11,13-15H2,1-2H3/t17?,22-/m0/s1. The zero-order valence-corrected chi connectivity index (χ0v) is 16.8. The van der Waals surface area contributed by atoms with Crippen LogP contribution in [-0.2, 0) is 11.3 Å². The molecule has 1 N–H and O–H groups in total. The average Bonchev–Trinajstić information content (AvgIpc) is 3.17. The monoisotopic (exact) mass is 382 g/mol. The van der Waals surface area contributed by atoms with Gasteiger partial charge in [-0.25, -0.2) is 0 Å². The van der Waals surface area contributed by atoms with Gasteiger partial charge in [-0.15, -0.1) is 0 Å². The number of piperidine rings is 1. The van der Waals surface area contributed by atoms with Gasteiger partial charge in [0.05, 0.1) is 0 Å². The van der Waals surface area contributed by atoms with E-state index in [1.165, 1.54) is 27.6 Å². The molecule has 142 valence electrons. The molecule has 0 saturated carbocycles. The van der Waals surface area contributed by atoms with Crippen LogP contribution in [0.25, 0.3) is 10.9 Å². The maximum absolute atomic E-state index is 6.70. The molecule has 0 bridgehead atoms. The number of H-pyrrole nitrogens is 1. The van der Waals surface area contributed by atoms with Crippen LogP contribution in [-0.4, -0.2) is 30.1 Å². The first-order valence-corrected chi connectivity index (χ1v) is 10.1. The lowest BCUT2D eigenvalue weighted by molar-refractivity contribution is 0.0584. The van der Waals surface area contributed by atoms with Crippen molar-refractivity contribution in [2.45, 2.75) is 32.4 Å². The summed E-state index contributed by atoms with van der Waals surface area (Å²) in [5.41, 5.74) is 5.00. The molecular weight excluding hydrogens is 356 g/mol. The van der Waals surface area contributed by atoms with Crippen molar-refractivity contribution in [3.05, 3.63) is 70.4 Å². The number of hydrogen-bond acceptors (Lipinski definition) is 2. The minimum atomic E-state index is 0.395. The van der Waals surface area contributed by atoms with Gasteiger partial charge in [0.1, 0.15) is 0 Å². The number of aromatic amines is 1. The van der Waals surface area contributed by atoms with Crippen molar-refractivity contribution < 1.29 is 4.74 Å². The highest BCUT2D eigenvalue weighted by Gasteiger charge is 2.30. The summed E-state index contributed by atoms with van der Waals surface area (Å²) in [7, 11) is 1.80. The van der Waals surface area contributed by atoms with E-state index >= 15 is 0 Å². The summed E-state index contributed by atoms with van der Waals surface area (Å²) in [4.78, 5) is 5.95. The van der Waals surface area contributed by atoms with Crippen LogP contribution in [0.3, 0.4) is 0 Å². The Hall–Kier alpha value is -1.81. The fourth-order valence-electron chi connectivity index (χ4n) is 4.47. The second-order valence-electron chi connectivity index (χ2n) is 7.66. The lowest BCUT2D eigenvalue weighted by Crippen LogP contribution is -2.37. The Balaban J connectivity index is 1.67. The van der Waals surface area contributed by atoms with Crippen LogP contribution in [0.4, 0.5) is 0 Å². The van der Waals surface area contributed by atoms with E-state index in [0.717, 1.165) is 37.6 Å². The van der Waals surface area contributed by atoms with E-state index in [1.54, 1.807) is 7.11 Å². The summed E-state index contributed by atoms with van der Waals surface area (Å²) in [6, 6.07) is 15.5. The summed E-state index contributed by atoms with van der Waals surface area (Å²) in [5, 5.41) is 2.11. The molecule has 1 aliphatic rings. The number of rotatable bonds is 5. The fourth-order valence-corrected chi connectivity index (χ4v) is 4.80. The van der Waals surface area contributed by atoms with Crippen LogP contribution in [0.1, 0.15) is 35.6 Å². The Morgan fingerprint density at radius 3 is 2.81 bits per heavy atom. The first kappa shape index (κ1) is 18.5. The van der Waals surface area contributed by atoms with E-state index < -0.39 is 0 Å². The molecule has 0 amide bonds. The third kappa shape index (κ3) is 3.77. The maximum atomic E-state index is 6.70. The predicted octanol–water partition coefficient (Wildman–Crippen LogP) is 5.73. The number of hydrogen-bond donors (Lipinski definition) is 1. The smallest absolute Gasteiger partial charge is 0.0491 e. The van der Waals surface area contributed by atoms with Gasteiger partial charge in [0.25, 0.3) is 0 Å². The fraction of sp³-hybridized carbons (Fsp3) is 0.391. The molecule has 1 aliphatic heterocycles. The quantitative estimate of drug-likeness (QED) is 0.610. The average molecular weight is 383 g/mol. The maximum Gasteiger partial charge on any atom is 0.0491 e. The summed E-state index contributed by atoms with van der Waals surface area (Å²) in [5.74, 6) is 0.609. The number of halogens is 1. The van der Waals surface area contributed by atoms with Crippen LogP contribution in [0.5, 0.6) is 0 Å². The lowest BCUT2D eigenvalue weighted by Gasteiger charge is -2.40. The second kappa shape index (κ2) is 8.05. The van der Waals surface area contributed by atoms with Gasteiger partial charge in [-0.05, 0) is 61.1 Å². The van der Waals surface area contributed by atoms with Gasteiger partial charge in [0.15, 0.2) is 0 Å². The van der Waals surface area contributed by atoms with Gasteiger partial charge in [-0.1, -0.05) is 41.9 Å². The molecule has 27 heavy (non-hydrogen) atoms. The van der Waals surface area contributed by atoms with Crippen molar-refractivity contribution in [2.75, 3.05) is 20.3 Å². The molecule has 2 aromatic carbocycles. The third-order valence-electron chi connectivity index (χ3n) is 5.87. The molecule has 4 heteroatoms. The topological polar surface area (TPSA) is 28.3 Å². The molecule has 1 fully saturated rings. The van der Waals surface area contributed by atoms with Crippen molar-refractivity contribution in [3.8, 4) is 0 Å². The number of likely N-dealkylation sites (tertiary alicyclic amines) is 1. The third-order valence-corrected chi connectivity index (χ3v) is 6.21. The van der Waals surface area contributed by atoms with E-state index in [2.05, 4.69) is 59.3 Å². The Labute approximate surface area is 166 Å². The molecule has 1 unspecified atom stereocenters. The molecule has 1 aromatic heterocycles. The Morgan fingerprint density at radius 2 is 2.04 bits per heavy atom. The highest BCUT2D eigenvalue weighted by molar-refractivity contribution is 6.32. The second-order valence-corrected chi connectivity index (χ2v) is 8.07. The number of nitrogens with one attached hydrogen (secondary N) is 1. The van der Waals surface area contributed by atoms with E-state index in [0.29, 0.717) is 12.0 Å². The Bertz CT molecular complexity index is 905. The Kier molecular flexibility index (Phi) is 5.53. The number of benzene rings is 2. The summed E-state index contributed by atoms with van der Waals surface area (Å²) >= 11 is 6.70. The van der Waals surface area contributed by atoms with E-state index in [4.69, 9.17) is 16.3 Å². The van der Waals surface area contributed by atoms with Crippen molar-refractivity contribution in [1.29, 1.82) is 0 Å². The van der Waals surface area contributed by atoms with Crippen molar-refractivity contribution in [2.24, 2.45) is 5.92 Å². The first-order valence-electron chi connectivity index (χ1n) is 9.70. The molecule has 4 rings (SSSR count). The van der Waals surface area contributed by atoms with Crippen LogP contribution in [0.2, 0.25) is 5.02 Å². The molecule has 2 heterocycles.